The molecule has 0 saturated carbocycles. The molecule has 0 aliphatic rings. The fourth-order valence-electron chi connectivity index (χ4n) is 9.25. The predicted octanol–water partition coefficient (Wildman–Crippen LogP) is 17.6. The van der Waals surface area contributed by atoms with Gasteiger partial charge in [-0.3, -0.25) is 0 Å². The van der Waals surface area contributed by atoms with Crippen molar-refractivity contribution in [3.05, 3.63) is 65.2 Å². The normalized spacial score (nSPS) is 11.0. The number of hydrogen-bond acceptors (Lipinski definition) is 11. The van der Waals surface area contributed by atoms with Crippen LogP contribution in [0.15, 0.2) is 48.5 Å². The van der Waals surface area contributed by atoms with Crippen LogP contribution < -0.4 is 21.9 Å². The third-order valence-electron chi connectivity index (χ3n) is 14.3. The van der Waals surface area contributed by atoms with Crippen LogP contribution in [0.2, 0.25) is 0 Å². The summed E-state index contributed by atoms with van der Waals surface area (Å²) in [5.74, 6) is -1.73. The second-order valence-electron chi connectivity index (χ2n) is 22.2. The largest absolute Gasteiger partial charge is 0.478 e. The number of aryl methyl sites for hydroxylation is 1. The van der Waals surface area contributed by atoms with Crippen molar-refractivity contribution in [3.8, 4) is 5.75 Å². The van der Waals surface area contributed by atoms with Crippen molar-refractivity contribution < 1.29 is 49.0 Å². The Hall–Kier alpha value is -3.14. The lowest BCUT2D eigenvalue weighted by molar-refractivity contribution is -0.0861. The first-order chi connectivity index (χ1) is 40.6. The maximum Gasteiger partial charge on any atom is 0.336 e. The topological polar surface area (TPSA) is 230 Å². The zero-order valence-electron chi connectivity index (χ0n) is 54.2. The average Bonchev–Trinajstić information content (AvgIpc) is 3.51. The summed E-state index contributed by atoms with van der Waals surface area (Å²) in [4.78, 5) is 20.9. The number of aromatic carboxylic acids is 2. The van der Waals surface area contributed by atoms with Crippen molar-refractivity contribution in [2.45, 2.75) is 297 Å². The molecule has 13 nitrogen and oxygen atoms in total. The predicted molar refractivity (Wildman–Crippen MR) is 351 cm³/mol. The van der Waals surface area contributed by atoms with Crippen LogP contribution in [0.1, 0.15) is 311 Å². The van der Waals surface area contributed by atoms with Crippen molar-refractivity contribution in [1.82, 2.24) is 0 Å². The molecule has 0 radical (unpaired) electrons. The standard InChI is InChI=1S/C23H40O6.3C13H29N.C8H6O4/c1-2-3-4-5-6-7-8-11-21-12-9-10-13-22(21)29-23(25)20-28-19-18-27-17-16-26-15-14-24;3*1-2-3-4-5-6-7-8-9-10-11-12-13-14;9-7(10)5-3-1-2-4-6(5)8(11)12/h9-10,12-13,23-25H,2-8,11,14-20H2,1H3;3*2-14H2,1H3;1-4H,(H,9,10)(H,11,12). The second kappa shape index (κ2) is 73.1. The maximum absolute atomic E-state index is 10.5. The number of aliphatic hydroxyl groups excluding tert-OH is 2. The van der Waals surface area contributed by atoms with Crippen molar-refractivity contribution in [1.29, 1.82) is 0 Å². The lowest BCUT2D eigenvalue weighted by Gasteiger charge is -2.16. The summed E-state index contributed by atoms with van der Waals surface area (Å²) in [6, 6.07) is 13.4. The van der Waals surface area contributed by atoms with Crippen LogP contribution in [0.4, 0.5) is 0 Å². The highest BCUT2D eigenvalue weighted by Crippen LogP contribution is 2.22. The van der Waals surface area contributed by atoms with E-state index in [-0.39, 0.29) is 24.3 Å². The first-order valence-electron chi connectivity index (χ1n) is 34.1. The summed E-state index contributed by atoms with van der Waals surface area (Å²) in [7, 11) is 0. The molecule has 0 heterocycles. The SMILES string of the molecule is CCCCCCCCCCCCCN.CCCCCCCCCCCCCN.CCCCCCCCCCCCCN.CCCCCCCCCc1ccccc1OC(O)COCCOCCOCCO.O=C(O)c1ccccc1C(=O)O. The third-order valence-corrected chi connectivity index (χ3v) is 14.3. The summed E-state index contributed by atoms with van der Waals surface area (Å²) in [6.45, 7) is 13.8. The van der Waals surface area contributed by atoms with Crippen molar-refractivity contribution in [2.24, 2.45) is 17.2 Å². The number of nitrogens with two attached hydrogens (primary N) is 3. The molecule has 0 aliphatic heterocycles. The van der Waals surface area contributed by atoms with Crippen LogP contribution >= 0.6 is 0 Å². The summed E-state index contributed by atoms with van der Waals surface area (Å²) >= 11 is 0. The number of benzene rings is 2. The zero-order chi connectivity index (χ0) is 61.6. The van der Waals surface area contributed by atoms with Gasteiger partial charge in [0.05, 0.1) is 50.8 Å². The van der Waals surface area contributed by atoms with Crippen molar-refractivity contribution >= 4 is 11.9 Å². The molecule has 0 fully saturated rings. The number of hydrogen-bond donors (Lipinski definition) is 7. The molecule has 2 aromatic carbocycles. The van der Waals surface area contributed by atoms with Gasteiger partial charge in [0.25, 0.3) is 0 Å². The van der Waals surface area contributed by atoms with Crippen LogP contribution in [-0.2, 0) is 20.6 Å². The number of carboxylic acid groups (broad SMARTS) is 2. The molecule has 2 aromatic rings. The molecule has 10 N–H and O–H groups in total. The van der Waals surface area contributed by atoms with Crippen molar-refractivity contribution in [3.63, 3.8) is 0 Å². The summed E-state index contributed by atoms with van der Waals surface area (Å²) in [5.41, 5.74) is 17.1. The highest BCUT2D eigenvalue weighted by Gasteiger charge is 2.14. The van der Waals surface area contributed by atoms with E-state index < -0.39 is 18.2 Å². The highest BCUT2D eigenvalue weighted by atomic mass is 16.6. The first kappa shape index (κ1) is 84.1. The molecule has 0 bridgehead atoms. The monoisotopic (exact) mass is 1180 g/mol. The van der Waals surface area contributed by atoms with Gasteiger partial charge in [-0.2, -0.15) is 0 Å². The van der Waals surface area contributed by atoms with E-state index in [1.165, 1.54) is 275 Å². The van der Waals surface area contributed by atoms with Crippen molar-refractivity contribution in [2.75, 3.05) is 65.9 Å². The summed E-state index contributed by atoms with van der Waals surface area (Å²) in [6.07, 6.45) is 55.1. The van der Waals surface area contributed by atoms with Crippen LogP contribution in [0.3, 0.4) is 0 Å². The number of ether oxygens (including phenoxy) is 4. The number of para-hydroxylation sites is 1. The Labute approximate surface area is 510 Å². The van der Waals surface area contributed by atoms with E-state index in [1.807, 2.05) is 18.2 Å². The molecule has 2 rings (SSSR count). The minimum Gasteiger partial charge on any atom is -0.478 e. The Kier molecular flexibility index (Phi) is 74.1. The van der Waals surface area contributed by atoms with E-state index >= 15 is 0 Å². The first-order valence-corrected chi connectivity index (χ1v) is 34.1. The Balaban J connectivity index is -0.00000102. The number of carbonyl (C=O) groups is 2. The number of carboxylic acids is 2. The van der Waals surface area contributed by atoms with E-state index in [9.17, 15) is 14.7 Å². The van der Waals surface area contributed by atoms with Gasteiger partial charge in [0.15, 0.2) is 0 Å². The third kappa shape index (κ3) is 66.2. The highest BCUT2D eigenvalue weighted by molar-refractivity contribution is 6.01. The van der Waals surface area contributed by atoms with Gasteiger partial charge in [-0.25, -0.2) is 9.59 Å². The molecular formula is C70H133N3O10. The molecule has 1 unspecified atom stereocenters. The Morgan fingerprint density at radius 2 is 0.663 bits per heavy atom. The fraction of sp³-hybridized carbons (Fsp3) is 0.800. The average molecular weight is 1180 g/mol. The minimum atomic E-state index is -1.23. The van der Waals surface area contributed by atoms with Crippen LogP contribution in [0.25, 0.3) is 0 Å². The van der Waals surface area contributed by atoms with Gasteiger partial charge in [0.1, 0.15) is 12.4 Å². The second-order valence-corrected chi connectivity index (χ2v) is 22.2. The number of unbranched alkanes of at least 4 members (excludes halogenated alkanes) is 36. The van der Waals surface area contributed by atoms with E-state index in [4.69, 9.17) is 51.5 Å². The number of aliphatic hydroxyl groups is 2. The Morgan fingerprint density at radius 3 is 0.976 bits per heavy atom. The maximum atomic E-state index is 10.5. The molecule has 1 atom stereocenters. The molecule has 13 heteroatoms. The lowest BCUT2D eigenvalue weighted by atomic mass is 10.0. The van der Waals surface area contributed by atoms with Crippen LogP contribution in [-0.4, -0.2) is 105 Å². The van der Waals surface area contributed by atoms with E-state index in [0.29, 0.717) is 33.0 Å². The molecule has 488 valence electrons. The van der Waals surface area contributed by atoms with E-state index in [0.717, 1.165) is 43.8 Å². The molecule has 0 aliphatic carbocycles. The van der Waals surface area contributed by atoms with Gasteiger partial charge in [-0.15, -0.1) is 0 Å². The van der Waals surface area contributed by atoms with Crippen LogP contribution in [0, 0.1) is 0 Å². The van der Waals surface area contributed by atoms with E-state index in [1.54, 1.807) is 0 Å². The van der Waals surface area contributed by atoms with E-state index in [2.05, 4.69) is 33.8 Å². The zero-order valence-corrected chi connectivity index (χ0v) is 54.2. The summed E-state index contributed by atoms with van der Waals surface area (Å²) in [5, 5.41) is 35.8. The molecule has 0 amide bonds. The van der Waals surface area contributed by atoms with Gasteiger partial charge >= 0.3 is 11.9 Å². The van der Waals surface area contributed by atoms with Crippen LogP contribution in [0.5, 0.6) is 5.75 Å². The van der Waals surface area contributed by atoms with Gasteiger partial charge in [-0.05, 0) is 75.5 Å². The van der Waals surface area contributed by atoms with Gasteiger partial charge < -0.3 is 56.6 Å². The molecule has 0 spiro atoms. The van der Waals surface area contributed by atoms with Gasteiger partial charge in [-0.1, -0.05) is 289 Å². The molecule has 0 saturated heterocycles. The quantitative estimate of drug-likeness (QED) is 0.0242. The minimum absolute atomic E-state index is 0.0170. The Morgan fingerprint density at radius 1 is 0.386 bits per heavy atom. The Bertz CT molecular complexity index is 1450. The van der Waals surface area contributed by atoms with Gasteiger partial charge in [0.2, 0.25) is 6.29 Å². The fourth-order valence-corrected chi connectivity index (χ4v) is 9.25. The molecule has 0 aromatic heterocycles. The number of rotatable bonds is 55. The lowest BCUT2D eigenvalue weighted by Crippen LogP contribution is -2.24. The van der Waals surface area contributed by atoms with Gasteiger partial charge in [0, 0.05) is 0 Å². The molecule has 83 heavy (non-hydrogen) atoms. The summed E-state index contributed by atoms with van der Waals surface area (Å²) < 4.78 is 21.5. The molecular weight excluding hydrogens is 1040 g/mol. The smallest absolute Gasteiger partial charge is 0.336 e.